The molecule has 0 aliphatic heterocycles. The molecule has 1 unspecified atom stereocenters. The van der Waals surface area contributed by atoms with Gasteiger partial charge in [0.05, 0.1) is 46.7 Å². The van der Waals surface area contributed by atoms with Gasteiger partial charge < -0.3 is 0 Å². The van der Waals surface area contributed by atoms with Gasteiger partial charge in [0, 0.05) is 48.7 Å². The number of pyridine rings is 2. The lowest BCUT2D eigenvalue weighted by atomic mass is 10.0. The van der Waals surface area contributed by atoms with Crippen LogP contribution in [0.3, 0.4) is 0 Å². The fourth-order valence-corrected chi connectivity index (χ4v) is 4.86. The molecule has 10 nitrogen and oxygen atoms in total. The van der Waals surface area contributed by atoms with Gasteiger partial charge in [0.2, 0.25) is 0 Å². The summed E-state index contributed by atoms with van der Waals surface area (Å²) in [6.07, 6.45) is 4.70. The number of hydrogen-bond donors (Lipinski definition) is 0. The van der Waals surface area contributed by atoms with E-state index in [0.717, 1.165) is 11.6 Å². The Kier molecular flexibility index (Phi) is 7.40. The second kappa shape index (κ2) is 11.2. The highest BCUT2D eigenvalue weighted by Crippen LogP contribution is 2.35. The SMILES string of the molecule is Cn1nncc1-c1cnn(C(Cc2ccc(C(F)(F)F)nc2)c2ccc(-c3c(-n4cc(Cl)nn4)ccc(Cl)c3F)cn2)c1. The molecule has 43 heavy (non-hydrogen) atoms. The Bertz CT molecular complexity index is 1900. The van der Waals surface area contributed by atoms with Crippen molar-refractivity contribution in [1.82, 2.24) is 49.7 Å². The lowest BCUT2D eigenvalue weighted by Crippen LogP contribution is -2.16. The number of rotatable bonds is 7. The first kappa shape index (κ1) is 28.4. The quantitative estimate of drug-likeness (QED) is 0.199. The van der Waals surface area contributed by atoms with Crippen molar-refractivity contribution in [3.05, 3.63) is 107 Å². The third kappa shape index (κ3) is 5.70. The van der Waals surface area contributed by atoms with Gasteiger partial charge in [-0.25, -0.2) is 13.8 Å². The molecule has 0 amide bonds. The third-order valence-electron chi connectivity index (χ3n) is 6.68. The van der Waals surface area contributed by atoms with Gasteiger partial charge in [0.25, 0.3) is 0 Å². The molecule has 5 aromatic heterocycles. The van der Waals surface area contributed by atoms with E-state index in [2.05, 4.69) is 35.7 Å². The highest BCUT2D eigenvalue weighted by atomic mass is 35.5. The molecule has 1 aromatic carbocycles. The molecule has 0 N–H and O–H groups in total. The Labute approximate surface area is 250 Å². The van der Waals surface area contributed by atoms with E-state index in [1.165, 1.54) is 35.4 Å². The Hall–Kier alpha value is -4.69. The van der Waals surface area contributed by atoms with E-state index in [4.69, 9.17) is 23.2 Å². The van der Waals surface area contributed by atoms with Crippen LogP contribution in [0.2, 0.25) is 10.2 Å². The van der Waals surface area contributed by atoms with E-state index in [9.17, 15) is 13.2 Å². The van der Waals surface area contributed by atoms with Crippen molar-refractivity contribution < 1.29 is 17.6 Å². The summed E-state index contributed by atoms with van der Waals surface area (Å²) < 4.78 is 59.2. The van der Waals surface area contributed by atoms with Crippen LogP contribution in [-0.2, 0) is 19.6 Å². The maximum Gasteiger partial charge on any atom is 0.433 e. The Morgan fingerprint density at radius 2 is 1.72 bits per heavy atom. The minimum atomic E-state index is -4.56. The average Bonchev–Trinajstić information content (AvgIpc) is 3.74. The van der Waals surface area contributed by atoms with Crippen molar-refractivity contribution in [3.63, 3.8) is 0 Å². The molecular formula is C27H18Cl2F4N10. The third-order valence-corrected chi connectivity index (χ3v) is 7.14. The summed E-state index contributed by atoms with van der Waals surface area (Å²) in [5, 5.41) is 20.0. The number of benzene rings is 1. The first-order valence-electron chi connectivity index (χ1n) is 12.5. The van der Waals surface area contributed by atoms with Crippen molar-refractivity contribution in [2.75, 3.05) is 0 Å². The first-order chi connectivity index (χ1) is 20.6. The Morgan fingerprint density at radius 3 is 2.35 bits per heavy atom. The first-order valence-corrected chi connectivity index (χ1v) is 13.3. The largest absolute Gasteiger partial charge is 0.433 e. The zero-order chi connectivity index (χ0) is 30.3. The van der Waals surface area contributed by atoms with Crippen molar-refractivity contribution in [1.29, 1.82) is 0 Å². The van der Waals surface area contributed by atoms with Gasteiger partial charge in [-0.05, 0) is 29.8 Å². The van der Waals surface area contributed by atoms with E-state index in [1.54, 1.807) is 53.2 Å². The minimum Gasteiger partial charge on any atom is -0.263 e. The van der Waals surface area contributed by atoms with Gasteiger partial charge in [-0.2, -0.15) is 18.3 Å². The standard InChI is InChI=1S/C27H18Cl2F4N10/c1-41-22(12-36-39-41)17-11-37-42(13-17)21(8-15-2-7-23(35-9-15)27(31,32)33)19-5-3-16(10-34-19)25-20(6-4-18(28)26(25)30)43-14-24(29)38-40-43/h2-7,9-14,21H,8H2,1H3. The van der Waals surface area contributed by atoms with Crippen LogP contribution in [0, 0.1) is 5.82 Å². The molecular weight excluding hydrogens is 611 g/mol. The number of halogens is 6. The molecule has 218 valence electrons. The topological polar surface area (TPSA) is 105 Å². The highest BCUT2D eigenvalue weighted by Gasteiger charge is 2.32. The van der Waals surface area contributed by atoms with Gasteiger partial charge in [-0.3, -0.25) is 14.6 Å². The Morgan fingerprint density at radius 1 is 0.884 bits per heavy atom. The summed E-state index contributed by atoms with van der Waals surface area (Å²) in [4.78, 5) is 8.20. The van der Waals surface area contributed by atoms with Crippen LogP contribution >= 0.6 is 23.2 Å². The predicted molar refractivity (Wildman–Crippen MR) is 148 cm³/mol. The van der Waals surface area contributed by atoms with Gasteiger partial charge in [0.1, 0.15) is 5.69 Å². The van der Waals surface area contributed by atoms with Gasteiger partial charge in [-0.1, -0.05) is 45.8 Å². The van der Waals surface area contributed by atoms with Crippen LogP contribution in [0.25, 0.3) is 28.1 Å². The molecule has 6 aromatic rings. The molecule has 0 bridgehead atoms. The monoisotopic (exact) mass is 628 g/mol. The van der Waals surface area contributed by atoms with Crippen molar-refractivity contribution in [3.8, 4) is 28.1 Å². The average molecular weight is 629 g/mol. The molecule has 0 spiro atoms. The van der Waals surface area contributed by atoms with E-state index >= 15 is 4.39 Å². The number of alkyl halides is 3. The normalized spacial score (nSPS) is 12.5. The van der Waals surface area contributed by atoms with Crippen LogP contribution in [0.4, 0.5) is 17.6 Å². The van der Waals surface area contributed by atoms with Crippen LogP contribution in [0.1, 0.15) is 23.0 Å². The zero-order valence-corrected chi connectivity index (χ0v) is 23.5. The molecule has 6 rings (SSSR count). The molecule has 0 radical (unpaired) electrons. The zero-order valence-electron chi connectivity index (χ0n) is 22.0. The van der Waals surface area contributed by atoms with Crippen LogP contribution in [0.15, 0.2) is 73.6 Å². The van der Waals surface area contributed by atoms with E-state index in [1.807, 2.05) is 0 Å². The number of nitrogens with zero attached hydrogens (tertiary/aromatic N) is 10. The maximum absolute atomic E-state index is 15.4. The van der Waals surface area contributed by atoms with Crippen LogP contribution < -0.4 is 0 Å². The minimum absolute atomic E-state index is 0.101. The van der Waals surface area contributed by atoms with Crippen molar-refractivity contribution in [2.24, 2.45) is 7.05 Å². The van der Waals surface area contributed by atoms with Gasteiger partial charge >= 0.3 is 6.18 Å². The second-order valence-corrected chi connectivity index (χ2v) is 10.2. The van der Waals surface area contributed by atoms with E-state index in [0.29, 0.717) is 28.2 Å². The van der Waals surface area contributed by atoms with E-state index < -0.39 is 23.7 Å². The molecule has 1 atom stereocenters. The summed E-state index contributed by atoms with van der Waals surface area (Å²) in [6, 6.07) is 8.05. The molecule has 5 heterocycles. The van der Waals surface area contributed by atoms with Crippen LogP contribution in [-0.4, -0.2) is 49.7 Å². The second-order valence-electron chi connectivity index (χ2n) is 9.43. The lowest BCUT2D eigenvalue weighted by Gasteiger charge is -2.19. The highest BCUT2D eigenvalue weighted by molar-refractivity contribution is 6.31. The van der Waals surface area contributed by atoms with Crippen molar-refractivity contribution >= 4 is 23.2 Å². The molecule has 0 saturated heterocycles. The van der Waals surface area contributed by atoms with Crippen LogP contribution in [0.5, 0.6) is 0 Å². The summed E-state index contributed by atoms with van der Waals surface area (Å²) in [6.45, 7) is 0. The molecule has 16 heteroatoms. The fourth-order valence-electron chi connectivity index (χ4n) is 4.58. The number of aromatic nitrogens is 10. The van der Waals surface area contributed by atoms with E-state index in [-0.39, 0.29) is 22.2 Å². The molecule has 0 aliphatic rings. The Balaban J connectivity index is 1.39. The smallest absolute Gasteiger partial charge is 0.263 e. The predicted octanol–water partition coefficient (Wildman–Crippen LogP) is 6.01. The fraction of sp³-hybridized carbons (Fsp3) is 0.148. The summed E-state index contributed by atoms with van der Waals surface area (Å²) in [5.74, 6) is -0.686. The van der Waals surface area contributed by atoms with Crippen molar-refractivity contribution in [2.45, 2.75) is 18.6 Å². The molecule has 0 saturated carbocycles. The molecule has 0 aliphatic carbocycles. The lowest BCUT2D eigenvalue weighted by molar-refractivity contribution is -0.141. The molecule has 0 fully saturated rings. The number of hydrogen-bond acceptors (Lipinski definition) is 7. The summed E-state index contributed by atoms with van der Waals surface area (Å²) in [7, 11) is 1.74. The van der Waals surface area contributed by atoms with Gasteiger partial charge in [-0.15, -0.1) is 10.2 Å². The number of aryl methyl sites for hydroxylation is 1. The van der Waals surface area contributed by atoms with Gasteiger partial charge in [0.15, 0.2) is 11.0 Å². The maximum atomic E-state index is 15.4. The summed E-state index contributed by atoms with van der Waals surface area (Å²) in [5.41, 5.74) is 2.32. The summed E-state index contributed by atoms with van der Waals surface area (Å²) >= 11 is 12.0.